The molecule has 2 N–H and O–H groups in total. The van der Waals surface area contributed by atoms with E-state index in [0.29, 0.717) is 15.4 Å². The number of thiazole rings is 1. The molecule has 134 valence electrons. The van der Waals surface area contributed by atoms with Crippen LogP contribution in [0.25, 0.3) is 10.6 Å². The number of rotatable bonds is 3. The fourth-order valence-electron chi connectivity index (χ4n) is 2.44. The number of benzene rings is 1. The molecule has 0 atom stereocenters. The fraction of sp³-hybridized carbons (Fsp3) is 0.167. The summed E-state index contributed by atoms with van der Waals surface area (Å²) in [5, 5.41) is 0.790. The topological polar surface area (TPSA) is 71.1 Å². The van der Waals surface area contributed by atoms with Gasteiger partial charge in [-0.15, -0.1) is 22.7 Å². The van der Waals surface area contributed by atoms with Gasteiger partial charge in [-0.05, 0) is 54.4 Å². The number of nitrogens with zero attached hydrogens (tertiary/aromatic N) is 1. The van der Waals surface area contributed by atoms with Crippen LogP contribution in [0.3, 0.4) is 0 Å². The molecule has 0 aliphatic carbocycles. The number of nitrogens with one attached hydrogen (secondary N) is 2. The minimum Gasteiger partial charge on any atom is -0.266 e. The minimum atomic E-state index is -0.375. The van der Waals surface area contributed by atoms with Gasteiger partial charge in [-0.25, -0.2) is 4.98 Å². The Morgan fingerprint density at radius 3 is 2.38 bits per heavy atom. The lowest BCUT2D eigenvalue weighted by molar-refractivity contribution is 0.0850. The van der Waals surface area contributed by atoms with Gasteiger partial charge in [-0.1, -0.05) is 23.8 Å². The Bertz CT molecular complexity index is 994. The van der Waals surface area contributed by atoms with Crippen molar-refractivity contribution in [2.24, 2.45) is 0 Å². The largest absolute Gasteiger partial charge is 0.281 e. The number of carbonyl (C=O) groups is 2. The monoisotopic (exact) mass is 449 g/mol. The van der Waals surface area contributed by atoms with Crippen LogP contribution in [0.15, 0.2) is 34.1 Å². The van der Waals surface area contributed by atoms with E-state index in [1.165, 1.54) is 28.2 Å². The Morgan fingerprint density at radius 2 is 1.73 bits per heavy atom. The van der Waals surface area contributed by atoms with E-state index in [9.17, 15) is 9.59 Å². The van der Waals surface area contributed by atoms with E-state index in [1.54, 1.807) is 19.1 Å². The minimum absolute atomic E-state index is 0.356. The van der Waals surface area contributed by atoms with Crippen molar-refractivity contribution in [2.45, 2.75) is 20.8 Å². The zero-order valence-corrected chi connectivity index (χ0v) is 17.6. The highest BCUT2D eigenvalue weighted by atomic mass is 79.9. The highest BCUT2D eigenvalue weighted by Gasteiger charge is 2.18. The van der Waals surface area contributed by atoms with Gasteiger partial charge in [0, 0.05) is 5.56 Å². The number of aromatic nitrogens is 1. The van der Waals surface area contributed by atoms with E-state index in [0.717, 1.165) is 19.9 Å². The number of carbonyl (C=O) groups excluding carboxylic acids is 2. The Hall–Kier alpha value is -2.03. The van der Waals surface area contributed by atoms with Crippen molar-refractivity contribution < 1.29 is 9.59 Å². The maximum Gasteiger partial charge on any atom is 0.281 e. The molecule has 3 aromatic rings. The molecule has 8 heteroatoms. The average molecular weight is 450 g/mol. The van der Waals surface area contributed by atoms with E-state index in [2.05, 4.69) is 37.8 Å². The SMILES string of the molecule is Cc1ccc(-c2nc(C)c(C(=O)NNC(=O)c3ccc(Br)s3)s2)c(C)c1. The summed E-state index contributed by atoms with van der Waals surface area (Å²) in [7, 11) is 0. The maximum atomic E-state index is 12.4. The first-order chi connectivity index (χ1) is 12.3. The quantitative estimate of drug-likeness (QED) is 0.572. The van der Waals surface area contributed by atoms with Gasteiger partial charge in [-0.3, -0.25) is 20.4 Å². The van der Waals surface area contributed by atoms with Crippen LogP contribution in [-0.4, -0.2) is 16.8 Å². The molecule has 1 aromatic carbocycles. The number of aryl methyl sites for hydroxylation is 3. The second-order valence-electron chi connectivity index (χ2n) is 5.76. The molecule has 0 bridgehead atoms. The molecular formula is C18H16BrN3O2S2. The van der Waals surface area contributed by atoms with Crippen molar-refractivity contribution in [3.8, 4) is 10.6 Å². The second kappa shape index (κ2) is 7.69. The van der Waals surface area contributed by atoms with Gasteiger partial charge in [-0.2, -0.15) is 0 Å². The highest BCUT2D eigenvalue weighted by molar-refractivity contribution is 9.11. The van der Waals surface area contributed by atoms with E-state index >= 15 is 0 Å². The molecule has 0 saturated heterocycles. The predicted molar refractivity (Wildman–Crippen MR) is 109 cm³/mol. The van der Waals surface area contributed by atoms with Gasteiger partial charge in [0.1, 0.15) is 9.88 Å². The number of hydrogen-bond donors (Lipinski definition) is 2. The number of hydrazine groups is 1. The molecule has 3 rings (SSSR count). The zero-order chi connectivity index (χ0) is 18.8. The molecule has 26 heavy (non-hydrogen) atoms. The Labute approximate surface area is 167 Å². The number of amides is 2. The van der Waals surface area contributed by atoms with Crippen LogP contribution in [0.2, 0.25) is 0 Å². The molecule has 0 aliphatic rings. The fourth-order valence-corrected chi connectivity index (χ4v) is 4.78. The first-order valence-electron chi connectivity index (χ1n) is 7.76. The van der Waals surface area contributed by atoms with Crippen LogP contribution in [-0.2, 0) is 0 Å². The summed E-state index contributed by atoms with van der Waals surface area (Å²) in [6.45, 7) is 5.85. The summed E-state index contributed by atoms with van der Waals surface area (Å²) in [6.07, 6.45) is 0. The number of hydrogen-bond acceptors (Lipinski definition) is 5. The third kappa shape index (κ3) is 4.03. The summed E-state index contributed by atoms with van der Waals surface area (Å²) in [5.74, 6) is -0.731. The normalized spacial score (nSPS) is 10.6. The van der Waals surface area contributed by atoms with Gasteiger partial charge >= 0.3 is 0 Å². The van der Waals surface area contributed by atoms with E-state index < -0.39 is 0 Å². The van der Waals surface area contributed by atoms with E-state index in [4.69, 9.17) is 0 Å². The van der Waals surface area contributed by atoms with Gasteiger partial charge in [0.05, 0.1) is 14.4 Å². The first-order valence-corrected chi connectivity index (χ1v) is 10.2. The van der Waals surface area contributed by atoms with Crippen LogP contribution < -0.4 is 10.9 Å². The lowest BCUT2D eigenvalue weighted by atomic mass is 10.1. The van der Waals surface area contributed by atoms with Crippen LogP contribution in [0.4, 0.5) is 0 Å². The summed E-state index contributed by atoms with van der Waals surface area (Å²) >= 11 is 5.91. The molecule has 0 aliphatic heterocycles. The lowest BCUT2D eigenvalue weighted by Gasteiger charge is -2.05. The van der Waals surface area contributed by atoms with Crippen LogP contribution in [0, 0.1) is 20.8 Å². The first kappa shape index (κ1) is 18.8. The van der Waals surface area contributed by atoms with E-state index in [-0.39, 0.29) is 11.8 Å². The van der Waals surface area contributed by atoms with Crippen molar-refractivity contribution in [1.29, 1.82) is 0 Å². The smallest absolute Gasteiger partial charge is 0.266 e. The molecule has 2 aromatic heterocycles. The Balaban J connectivity index is 1.74. The summed E-state index contributed by atoms with van der Waals surface area (Å²) in [6, 6.07) is 9.60. The molecule has 0 unspecified atom stereocenters. The number of thiophene rings is 1. The molecule has 5 nitrogen and oxygen atoms in total. The average Bonchev–Trinajstić information content (AvgIpc) is 3.18. The predicted octanol–water partition coefficient (Wildman–Crippen LogP) is 4.63. The third-order valence-electron chi connectivity index (χ3n) is 3.70. The maximum absolute atomic E-state index is 12.4. The van der Waals surface area contributed by atoms with Crippen molar-refractivity contribution in [2.75, 3.05) is 0 Å². The number of halogens is 1. The molecule has 0 saturated carbocycles. The lowest BCUT2D eigenvalue weighted by Crippen LogP contribution is -2.41. The van der Waals surface area contributed by atoms with Crippen molar-refractivity contribution in [1.82, 2.24) is 15.8 Å². The Morgan fingerprint density at radius 1 is 1.00 bits per heavy atom. The summed E-state index contributed by atoms with van der Waals surface area (Å²) in [4.78, 5) is 30.0. The van der Waals surface area contributed by atoms with Crippen molar-refractivity contribution >= 4 is 50.4 Å². The van der Waals surface area contributed by atoms with Crippen LogP contribution >= 0.6 is 38.6 Å². The summed E-state index contributed by atoms with van der Waals surface area (Å²) < 4.78 is 0.852. The van der Waals surface area contributed by atoms with Gasteiger partial charge in [0.25, 0.3) is 11.8 Å². The van der Waals surface area contributed by atoms with Gasteiger partial charge < -0.3 is 0 Å². The van der Waals surface area contributed by atoms with Crippen molar-refractivity contribution in [3.63, 3.8) is 0 Å². The molecule has 0 fully saturated rings. The Kier molecular flexibility index (Phi) is 5.55. The van der Waals surface area contributed by atoms with Crippen LogP contribution in [0.1, 0.15) is 36.2 Å². The molecule has 0 radical (unpaired) electrons. The second-order valence-corrected chi connectivity index (χ2v) is 9.23. The molecular weight excluding hydrogens is 434 g/mol. The molecule has 2 amide bonds. The molecule has 2 heterocycles. The highest BCUT2D eigenvalue weighted by Crippen LogP contribution is 2.30. The standard InChI is InChI=1S/C18H16BrN3O2S2/c1-9-4-5-12(10(2)8-9)18-20-11(3)15(26-18)17(24)22-21-16(23)13-6-7-14(19)25-13/h4-8H,1-3H3,(H,21,23)(H,22,24). The third-order valence-corrected chi connectivity index (χ3v) is 6.51. The van der Waals surface area contributed by atoms with Gasteiger partial charge in [0.15, 0.2) is 0 Å². The molecule has 0 spiro atoms. The van der Waals surface area contributed by atoms with E-state index in [1.807, 2.05) is 26.0 Å². The summed E-state index contributed by atoms with van der Waals surface area (Å²) in [5.41, 5.74) is 8.83. The van der Waals surface area contributed by atoms with Crippen molar-refractivity contribution in [3.05, 3.63) is 60.7 Å². The van der Waals surface area contributed by atoms with Gasteiger partial charge in [0.2, 0.25) is 0 Å². The zero-order valence-electron chi connectivity index (χ0n) is 14.3. The van der Waals surface area contributed by atoms with Crippen LogP contribution in [0.5, 0.6) is 0 Å².